The third-order valence-electron chi connectivity index (χ3n) is 7.89. The van der Waals surface area contributed by atoms with E-state index in [9.17, 15) is 9.18 Å². The smallest absolute Gasteiger partial charge is 0.343 e. The Kier molecular flexibility index (Phi) is 8.71. The molecular formula is C31H35F3O2. The van der Waals surface area contributed by atoms with Gasteiger partial charge >= 0.3 is 5.97 Å². The Balaban J connectivity index is 1.42. The van der Waals surface area contributed by atoms with Gasteiger partial charge in [-0.05, 0) is 113 Å². The van der Waals surface area contributed by atoms with Crippen LogP contribution in [0.4, 0.5) is 13.2 Å². The molecule has 0 aliphatic heterocycles. The van der Waals surface area contributed by atoms with Gasteiger partial charge in [-0.2, -0.15) is 0 Å². The zero-order valence-electron chi connectivity index (χ0n) is 21.1. The summed E-state index contributed by atoms with van der Waals surface area (Å²) < 4.78 is 49.8. The van der Waals surface area contributed by atoms with Crippen LogP contribution in [0.5, 0.6) is 5.75 Å². The van der Waals surface area contributed by atoms with Crippen LogP contribution in [0.15, 0.2) is 54.6 Å². The lowest BCUT2D eigenvalue weighted by molar-refractivity contribution is 0.0733. The van der Waals surface area contributed by atoms with Gasteiger partial charge in [0.15, 0.2) is 0 Å². The Morgan fingerprint density at radius 1 is 0.917 bits per heavy atom. The fraction of sp³-hybridized carbons (Fsp3) is 0.452. The van der Waals surface area contributed by atoms with Crippen molar-refractivity contribution in [3.05, 3.63) is 88.8 Å². The molecule has 5 heteroatoms. The van der Waals surface area contributed by atoms with Crippen molar-refractivity contribution >= 4 is 5.97 Å². The van der Waals surface area contributed by atoms with Gasteiger partial charge in [0.2, 0.25) is 0 Å². The first-order chi connectivity index (χ1) is 17.4. The van der Waals surface area contributed by atoms with Crippen molar-refractivity contribution in [2.75, 3.05) is 0 Å². The molecule has 192 valence electrons. The number of carbonyl (C=O) groups is 1. The van der Waals surface area contributed by atoms with Crippen LogP contribution in [0.1, 0.15) is 86.2 Å². The Morgan fingerprint density at radius 2 is 1.64 bits per heavy atom. The lowest BCUT2D eigenvalue weighted by Crippen LogP contribution is -2.30. The van der Waals surface area contributed by atoms with Gasteiger partial charge in [0, 0.05) is 11.6 Å². The minimum Gasteiger partial charge on any atom is -0.423 e. The van der Waals surface area contributed by atoms with Crippen LogP contribution >= 0.6 is 0 Å². The summed E-state index contributed by atoms with van der Waals surface area (Å²) in [6.07, 6.45) is 15.4. The van der Waals surface area contributed by atoms with E-state index in [0.717, 1.165) is 56.7 Å². The van der Waals surface area contributed by atoms with Crippen LogP contribution in [0.3, 0.4) is 0 Å². The average Bonchev–Trinajstić information content (AvgIpc) is 2.85. The summed E-state index contributed by atoms with van der Waals surface area (Å²) in [6, 6.07) is 6.30. The fourth-order valence-electron chi connectivity index (χ4n) is 6.09. The number of carbonyl (C=O) groups excluding carboxylic acids is 1. The summed E-state index contributed by atoms with van der Waals surface area (Å²) in [5, 5.41) is 0. The normalized spacial score (nSPS) is 24.2. The van der Waals surface area contributed by atoms with Crippen molar-refractivity contribution in [3.63, 3.8) is 0 Å². The molecule has 0 aromatic heterocycles. The highest BCUT2D eigenvalue weighted by Crippen LogP contribution is 2.48. The fourth-order valence-corrected chi connectivity index (χ4v) is 6.09. The molecule has 0 spiro atoms. The van der Waals surface area contributed by atoms with Gasteiger partial charge in [0.05, 0.1) is 5.56 Å². The van der Waals surface area contributed by atoms with Gasteiger partial charge in [-0.1, -0.05) is 30.4 Å². The van der Waals surface area contributed by atoms with Gasteiger partial charge < -0.3 is 4.74 Å². The van der Waals surface area contributed by atoms with Crippen LogP contribution in [0, 0.1) is 35.2 Å². The maximum Gasteiger partial charge on any atom is 0.343 e. The molecule has 2 aliphatic carbocycles. The molecule has 4 rings (SSSR count). The van der Waals surface area contributed by atoms with E-state index < -0.39 is 23.4 Å². The average molecular weight is 497 g/mol. The third kappa shape index (κ3) is 6.11. The van der Waals surface area contributed by atoms with Gasteiger partial charge in [-0.15, -0.1) is 0 Å². The van der Waals surface area contributed by atoms with Crippen molar-refractivity contribution in [1.82, 2.24) is 0 Å². The van der Waals surface area contributed by atoms with Crippen molar-refractivity contribution < 1.29 is 22.7 Å². The quantitative estimate of drug-likeness (QED) is 0.218. The van der Waals surface area contributed by atoms with E-state index in [1.54, 1.807) is 6.07 Å². The molecule has 0 N–H and O–H groups in total. The summed E-state index contributed by atoms with van der Waals surface area (Å²) in [5.74, 6) is -1.26. The van der Waals surface area contributed by atoms with Gasteiger partial charge in [0.1, 0.15) is 23.2 Å². The van der Waals surface area contributed by atoms with Crippen molar-refractivity contribution in [3.8, 4) is 5.75 Å². The van der Waals surface area contributed by atoms with E-state index >= 15 is 8.78 Å². The predicted octanol–water partition coefficient (Wildman–Crippen LogP) is 8.71. The summed E-state index contributed by atoms with van der Waals surface area (Å²) >= 11 is 0. The van der Waals surface area contributed by atoms with Crippen LogP contribution < -0.4 is 4.74 Å². The van der Waals surface area contributed by atoms with Crippen LogP contribution in [-0.4, -0.2) is 5.97 Å². The summed E-state index contributed by atoms with van der Waals surface area (Å²) in [4.78, 5) is 12.6. The number of aryl methyl sites for hydroxylation is 1. The number of esters is 1. The summed E-state index contributed by atoms with van der Waals surface area (Å²) in [5.41, 5.74) is 0.378. The second kappa shape index (κ2) is 11.9. The minimum atomic E-state index is -0.911. The van der Waals surface area contributed by atoms with E-state index in [2.05, 4.69) is 19.1 Å². The minimum absolute atomic E-state index is 0.00372. The molecule has 2 nitrogen and oxygen atoms in total. The van der Waals surface area contributed by atoms with E-state index in [1.807, 2.05) is 19.1 Å². The molecule has 4 unspecified atom stereocenters. The maximum atomic E-state index is 15.1. The first kappa shape index (κ1) is 26.2. The molecule has 0 saturated heterocycles. The molecule has 36 heavy (non-hydrogen) atoms. The van der Waals surface area contributed by atoms with Crippen molar-refractivity contribution in [1.29, 1.82) is 0 Å². The second-order valence-electron chi connectivity index (χ2n) is 10.2. The standard InChI is InChI=1S/C31H35F3O2/c1-3-5-6-8-21-13-14-26(19-27(21)32)36-31(35)25-17-28(33)30(29(34)18-25)24-12-11-22-15-20(7-4-2)9-10-23(22)16-24/h3-5,7,13-14,17-20,22-24H,6,8-12,15-16H2,1-2H3/b5-3+,7-4+. The van der Waals surface area contributed by atoms with Crippen molar-refractivity contribution in [2.45, 2.75) is 71.1 Å². The monoisotopic (exact) mass is 496 g/mol. The molecule has 2 saturated carbocycles. The number of rotatable bonds is 7. The highest BCUT2D eigenvalue weighted by Gasteiger charge is 2.37. The number of benzene rings is 2. The van der Waals surface area contributed by atoms with E-state index in [1.165, 1.54) is 6.07 Å². The van der Waals surface area contributed by atoms with Gasteiger partial charge in [-0.25, -0.2) is 18.0 Å². The number of hydrogen-bond acceptors (Lipinski definition) is 2. The molecule has 2 fully saturated rings. The molecule has 2 aromatic rings. The number of allylic oxidation sites excluding steroid dienone is 4. The van der Waals surface area contributed by atoms with Crippen LogP contribution in [0.25, 0.3) is 0 Å². The third-order valence-corrected chi connectivity index (χ3v) is 7.89. The molecule has 0 bridgehead atoms. The molecular weight excluding hydrogens is 461 g/mol. The molecule has 0 amide bonds. The van der Waals surface area contributed by atoms with Crippen molar-refractivity contribution in [2.24, 2.45) is 17.8 Å². The summed E-state index contributed by atoms with van der Waals surface area (Å²) in [7, 11) is 0. The first-order valence-electron chi connectivity index (χ1n) is 13.1. The largest absolute Gasteiger partial charge is 0.423 e. The van der Waals surface area contributed by atoms with E-state index in [4.69, 9.17) is 4.74 Å². The Labute approximate surface area is 212 Å². The predicted molar refractivity (Wildman–Crippen MR) is 137 cm³/mol. The van der Waals surface area contributed by atoms with Gasteiger partial charge in [0.25, 0.3) is 0 Å². The Morgan fingerprint density at radius 3 is 2.33 bits per heavy atom. The maximum absolute atomic E-state index is 15.1. The number of fused-ring (bicyclic) bond motifs is 1. The molecule has 2 aromatic carbocycles. The molecule has 0 radical (unpaired) electrons. The zero-order chi connectivity index (χ0) is 25.7. The number of halogens is 3. The van der Waals surface area contributed by atoms with Crippen LogP contribution in [0.2, 0.25) is 0 Å². The molecule has 0 heterocycles. The summed E-state index contributed by atoms with van der Waals surface area (Å²) in [6.45, 7) is 3.95. The molecule has 2 aliphatic rings. The number of hydrogen-bond donors (Lipinski definition) is 0. The Hall–Kier alpha value is -2.82. The SMILES string of the molecule is C/C=C/CCc1ccc(OC(=O)c2cc(F)c(C3CCC4CC(/C=C/C)CCC4C3)c(F)c2)cc1F. The van der Waals surface area contributed by atoms with E-state index in [0.29, 0.717) is 36.2 Å². The first-order valence-corrected chi connectivity index (χ1v) is 13.1. The zero-order valence-corrected chi connectivity index (χ0v) is 21.1. The highest BCUT2D eigenvalue weighted by molar-refractivity contribution is 5.91. The van der Waals surface area contributed by atoms with Gasteiger partial charge in [-0.3, -0.25) is 0 Å². The molecule has 4 atom stereocenters. The number of ether oxygens (including phenoxy) is 1. The highest BCUT2D eigenvalue weighted by atomic mass is 19.1. The lowest BCUT2D eigenvalue weighted by Gasteiger charge is -2.42. The second-order valence-corrected chi connectivity index (χ2v) is 10.2. The Bertz CT molecular complexity index is 1110. The van der Waals surface area contributed by atoms with E-state index in [-0.39, 0.29) is 22.8 Å². The van der Waals surface area contributed by atoms with Crippen LogP contribution in [-0.2, 0) is 6.42 Å². The lowest BCUT2D eigenvalue weighted by atomic mass is 9.63. The topological polar surface area (TPSA) is 26.3 Å².